The van der Waals surface area contributed by atoms with Crippen LogP contribution in [-0.4, -0.2) is 99.1 Å². The van der Waals surface area contributed by atoms with Crippen molar-refractivity contribution in [1.29, 1.82) is 0 Å². The third-order valence-corrected chi connectivity index (χ3v) is 9.37. The van der Waals surface area contributed by atoms with Crippen LogP contribution in [0.4, 0.5) is 0 Å². The SMILES string of the molecule is COc1cccc2c1C(=O)c1c(O)c3c(c(O)c1C2=O)C[C@@](O)(C(CO)=NNC(=O)CCCCCN=[N+]=[N-])C[C@@H]3O[C@H]1C[C@H](N)[C@H](O)[C@H](C)O1. The van der Waals surface area contributed by atoms with Crippen LogP contribution in [-0.2, 0) is 20.7 Å². The van der Waals surface area contributed by atoms with Crippen molar-refractivity contribution >= 4 is 23.2 Å². The molecule has 2 aliphatic carbocycles. The second kappa shape index (κ2) is 15.1. The molecule has 0 unspecified atom stereocenters. The number of nitrogens with one attached hydrogen (secondary N) is 1. The molecule has 1 saturated heterocycles. The summed E-state index contributed by atoms with van der Waals surface area (Å²) in [6.45, 7) is 1.03. The maximum absolute atomic E-state index is 13.9. The number of hydrogen-bond donors (Lipinski definition) is 7. The molecular weight excluding hydrogens is 656 g/mol. The van der Waals surface area contributed by atoms with E-state index in [1.54, 1.807) is 6.92 Å². The first-order chi connectivity index (χ1) is 23.9. The van der Waals surface area contributed by atoms with Gasteiger partial charge < -0.3 is 45.5 Å². The van der Waals surface area contributed by atoms with Crippen molar-refractivity contribution in [3.05, 3.63) is 62.0 Å². The fourth-order valence-electron chi connectivity index (χ4n) is 6.77. The Morgan fingerprint density at radius 3 is 2.58 bits per heavy atom. The van der Waals surface area contributed by atoms with Gasteiger partial charge in [-0.15, -0.1) is 0 Å². The highest BCUT2D eigenvalue weighted by Crippen LogP contribution is 2.52. The highest BCUT2D eigenvalue weighted by atomic mass is 16.7. The molecule has 17 nitrogen and oxygen atoms in total. The number of unbranched alkanes of at least 4 members (excludes halogenated alkanes) is 2. The van der Waals surface area contributed by atoms with E-state index in [4.69, 9.17) is 25.5 Å². The maximum atomic E-state index is 13.9. The van der Waals surface area contributed by atoms with E-state index in [0.717, 1.165) is 0 Å². The number of ether oxygens (including phenoxy) is 3. The number of nitrogens with zero attached hydrogens (tertiary/aromatic N) is 4. The van der Waals surface area contributed by atoms with Crippen molar-refractivity contribution in [2.24, 2.45) is 15.9 Å². The molecule has 1 amide bonds. The third kappa shape index (κ3) is 6.89. The number of nitrogens with two attached hydrogens (primary N) is 1. The lowest BCUT2D eigenvalue weighted by atomic mass is 9.71. The van der Waals surface area contributed by atoms with Gasteiger partial charge in [0.05, 0.1) is 54.4 Å². The largest absolute Gasteiger partial charge is 0.507 e. The second-order valence-electron chi connectivity index (χ2n) is 12.6. The van der Waals surface area contributed by atoms with Crippen LogP contribution in [0.2, 0.25) is 0 Å². The van der Waals surface area contributed by atoms with Gasteiger partial charge in [0.25, 0.3) is 0 Å². The van der Waals surface area contributed by atoms with Gasteiger partial charge in [0.15, 0.2) is 12.1 Å². The lowest BCUT2D eigenvalue weighted by molar-refractivity contribution is -0.245. The Morgan fingerprint density at radius 2 is 1.90 bits per heavy atom. The Bertz CT molecular complexity index is 1750. The van der Waals surface area contributed by atoms with Crippen LogP contribution in [0.3, 0.4) is 0 Å². The molecule has 2 aromatic rings. The minimum Gasteiger partial charge on any atom is -0.507 e. The Labute approximate surface area is 286 Å². The lowest BCUT2D eigenvalue weighted by Gasteiger charge is -2.43. The summed E-state index contributed by atoms with van der Waals surface area (Å²) >= 11 is 0. The number of methoxy groups -OCH3 is 1. The van der Waals surface area contributed by atoms with E-state index in [1.807, 2.05) is 0 Å². The van der Waals surface area contributed by atoms with E-state index in [9.17, 15) is 39.9 Å². The number of azide groups is 1. The monoisotopic (exact) mass is 696 g/mol. The molecule has 0 spiro atoms. The van der Waals surface area contributed by atoms with Crippen molar-refractivity contribution in [3.63, 3.8) is 0 Å². The van der Waals surface area contributed by atoms with E-state index >= 15 is 0 Å². The highest BCUT2D eigenvalue weighted by Gasteiger charge is 2.49. The molecule has 1 heterocycles. The summed E-state index contributed by atoms with van der Waals surface area (Å²) in [6.07, 6.45) is -3.45. The van der Waals surface area contributed by atoms with Crippen LogP contribution in [0, 0.1) is 0 Å². The Morgan fingerprint density at radius 1 is 1.16 bits per heavy atom. The molecule has 2 aromatic carbocycles. The summed E-state index contributed by atoms with van der Waals surface area (Å²) < 4.78 is 17.4. The Kier molecular flexibility index (Phi) is 11.1. The number of rotatable bonds is 12. The number of aromatic hydroxyl groups is 2. The number of phenolic OH excluding ortho intramolecular Hbond substituents is 2. The van der Waals surface area contributed by atoms with Gasteiger partial charge in [0.2, 0.25) is 11.7 Å². The molecule has 50 heavy (non-hydrogen) atoms. The number of hydrogen-bond acceptors (Lipinski definition) is 14. The van der Waals surface area contributed by atoms with Crippen LogP contribution < -0.4 is 15.9 Å². The number of fused-ring (bicyclic) bond motifs is 3. The summed E-state index contributed by atoms with van der Waals surface area (Å²) in [6, 6.07) is 3.61. The van der Waals surface area contributed by atoms with E-state index in [1.165, 1.54) is 25.3 Å². The topological polar surface area (TPSA) is 279 Å². The number of hydrazone groups is 1. The van der Waals surface area contributed by atoms with Gasteiger partial charge in [0.1, 0.15) is 22.8 Å². The van der Waals surface area contributed by atoms with Gasteiger partial charge in [0, 0.05) is 59.9 Å². The van der Waals surface area contributed by atoms with Gasteiger partial charge >= 0.3 is 0 Å². The Balaban J connectivity index is 1.54. The number of phenols is 2. The molecule has 3 aliphatic rings. The van der Waals surface area contributed by atoms with Gasteiger partial charge in [-0.2, -0.15) is 5.10 Å². The summed E-state index contributed by atoms with van der Waals surface area (Å²) in [5.74, 6) is -3.35. The normalized spacial score (nSPS) is 26.0. The number of carbonyl (C=O) groups excluding carboxylic acids is 3. The van der Waals surface area contributed by atoms with Crippen LogP contribution in [0.15, 0.2) is 28.4 Å². The number of ketones is 2. The highest BCUT2D eigenvalue weighted by molar-refractivity contribution is 6.31. The molecule has 6 atom stereocenters. The average Bonchev–Trinajstić information content (AvgIpc) is 3.08. The number of aliphatic hydroxyl groups excluding tert-OH is 2. The number of benzene rings is 2. The molecule has 0 radical (unpaired) electrons. The van der Waals surface area contributed by atoms with E-state index in [-0.39, 0.29) is 46.6 Å². The number of amides is 1. The molecule has 1 aliphatic heterocycles. The van der Waals surface area contributed by atoms with Crippen molar-refractivity contribution in [3.8, 4) is 17.2 Å². The molecule has 1 fully saturated rings. The van der Waals surface area contributed by atoms with Crippen LogP contribution in [0.1, 0.15) is 94.5 Å². The van der Waals surface area contributed by atoms with Crippen molar-refractivity contribution in [1.82, 2.24) is 5.43 Å². The molecule has 0 aromatic heterocycles. The average molecular weight is 697 g/mol. The smallest absolute Gasteiger partial charge is 0.240 e. The zero-order valence-corrected chi connectivity index (χ0v) is 27.5. The van der Waals surface area contributed by atoms with Crippen molar-refractivity contribution < 1.29 is 54.1 Å². The van der Waals surface area contributed by atoms with Gasteiger partial charge in [-0.05, 0) is 31.4 Å². The predicted octanol–water partition coefficient (Wildman–Crippen LogP) is 1.78. The molecule has 0 bridgehead atoms. The maximum Gasteiger partial charge on any atom is 0.240 e. The first kappa shape index (κ1) is 36.7. The Hall–Kier alpha value is -4.61. The predicted molar refractivity (Wildman–Crippen MR) is 175 cm³/mol. The summed E-state index contributed by atoms with van der Waals surface area (Å²) in [5.41, 5.74) is 13.0. The summed E-state index contributed by atoms with van der Waals surface area (Å²) in [7, 11) is 1.32. The third-order valence-electron chi connectivity index (χ3n) is 9.37. The van der Waals surface area contributed by atoms with Crippen LogP contribution >= 0.6 is 0 Å². The number of aliphatic hydroxyl groups is 3. The second-order valence-corrected chi connectivity index (χ2v) is 12.6. The van der Waals surface area contributed by atoms with E-state index in [2.05, 4.69) is 20.6 Å². The summed E-state index contributed by atoms with van der Waals surface area (Å²) in [4.78, 5) is 42.9. The van der Waals surface area contributed by atoms with Gasteiger partial charge in [-0.1, -0.05) is 23.7 Å². The van der Waals surface area contributed by atoms with Gasteiger partial charge in [-0.3, -0.25) is 14.4 Å². The zero-order chi connectivity index (χ0) is 36.3. The molecule has 5 rings (SSSR count). The zero-order valence-electron chi connectivity index (χ0n) is 27.5. The lowest BCUT2D eigenvalue weighted by Crippen LogP contribution is -2.53. The molecule has 0 saturated carbocycles. The molecule has 8 N–H and O–H groups in total. The first-order valence-corrected chi connectivity index (χ1v) is 16.2. The van der Waals surface area contributed by atoms with Crippen molar-refractivity contribution in [2.75, 3.05) is 20.3 Å². The summed E-state index contributed by atoms with van der Waals surface area (Å²) in [5, 5.41) is 63.6. The standard InChI is InChI=1S/C33H40N6O11/c1-15-28(42)18(34)11-23(49-15)50-20-13-33(47,21(14-40)37-38-22(41)9-4-3-5-10-36-39-35)12-17-25(20)32(46)27-26(30(17)44)29(43)16-7-6-8-19(48-2)24(16)31(27)45/h6-8,15,18,20,23,28,40,42,44,46-47H,3-5,9-14,34H2,1-2H3,(H,38,41)/t15-,18-,20-,23-,28+,33-/m0/s1. The minimum absolute atomic E-state index is 0.00465. The molecule has 17 heteroatoms. The fourth-order valence-corrected chi connectivity index (χ4v) is 6.77. The van der Waals surface area contributed by atoms with Crippen molar-refractivity contribution in [2.45, 2.75) is 88.1 Å². The first-order valence-electron chi connectivity index (χ1n) is 16.2. The molecule has 268 valence electrons. The minimum atomic E-state index is -2.13. The van der Waals surface area contributed by atoms with Crippen LogP contribution in [0.25, 0.3) is 10.4 Å². The van der Waals surface area contributed by atoms with Crippen LogP contribution in [0.5, 0.6) is 17.2 Å². The van der Waals surface area contributed by atoms with E-state index in [0.29, 0.717) is 25.8 Å². The van der Waals surface area contributed by atoms with Gasteiger partial charge in [-0.25, -0.2) is 5.43 Å². The van der Waals surface area contributed by atoms with E-state index < -0.39 is 95.8 Å². The fraction of sp³-hybridized carbons (Fsp3) is 0.515. The quantitative estimate of drug-likeness (QED) is 0.0271. The molecular formula is C33H40N6O11. The number of carbonyl (C=O) groups is 3.